The number of hydrogen-bond acceptors (Lipinski definition) is 4. The molecule has 0 atom stereocenters. The maximum absolute atomic E-state index is 5.49. The fourth-order valence-electron chi connectivity index (χ4n) is 2.83. The van der Waals surface area contributed by atoms with Crippen molar-refractivity contribution < 1.29 is 14.2 Å². The molecule has 0 radical (unpaired) electrons. The average molecular weight is 371 g/mol. The zero-order valence-corrected chi connectivity index (χ0v) is 17.0. The van der Waals surface area contributed by atoms with Gasteiger partial charge >= 0.3 is 0 Å². The summed E-state index contributed by atoms with van der Waals surface area (Å²) in [6.45, 7) is 3.40. The topological polar surface area (TPSA) is 55.3 Å². The second kappa shape index (κ2) is 9.71. The summed E-state index contributed by atoms with van der Waals surface area (Å²) in [5, 5.41) is 3.38. The number of guanidine groups is 1. The third-order valence-corrected chi connectivity index (χ3v) is 4.34. The van der Waals surface area contributed by atoms with Gasteiger partial charge in [0.25, 0.3) is 0 Å². The van der Waals surface area contributed by atoms with Crippen LogP contribution < -0.4 is 19.5 Å². The molecule has 2 rings (SSSR count). The van der Waals surface area contributed by atoms with Gasteiger partial charge in [0.15, 0.2) is 17.5 Å². The second-order valence-electron chi connectivity index (χ2n) is 6.26. The minimum atomic E-state index is 0.550. The summed E-state index contributed by atoms with van der Waals surface area (Å²) in [5.74, 6) is 2.83. The molecule has 146 valence electrons. The van der Waals surface area contributed by atoms with Crippen LogP contribution in [0.25, 0.3) is 0 Å². The van der Waals surface area contributed by atoms with Crippen molar-refractivity contribution >= 4 is 5.96 Å². The summed E-state index contributed by atoms with van der Waals surface area (Å²) >= 11 is 0. The van der Waals surface area contributed by atoms with E-state index in [4.69, 9.17) is 14.2 Å². The fraction of sp³-hybridized carbons (Fsp3) is 0.381. The lowest BCUT2D eigenvalue weighted by Crippen LogP contribution is -2.38. The standard InChI is InChI=1S/C21H29N3O3/c1-15-7-9-16(10-8-15)14-24(3)21(22-2)23-13-17-11-19(26-5)20(27-6)12-18(17)25-4/h7-12H,13-14H2,1-6H3,(H,22,23). The van der Waals surface area contributed by atoms with E-state index in [1.54, 1.807) is 28.4 Å². The molecule has 2 aromatic rings. The Morgan fingerprint density at radius 3 is 2.11 bits per heavy atom. The van der Waals surface area contributed by atoms with Gasteiger partial charge in [0.05, 0.1) is 21.3 Å². The largest absolute Gasteiger partial charge is 0.496 e. The molecule has 2 aromatic carbocycles. The lowest BCUT2D eigenvalue weighted by atomic mass is 10.1. The van der Waals surface area contributed by atoms with Crippen molar-refractivity contribution in [2.45, 2.75) is 20.0 Å². The molecule has 1 N–H and O–H groups in total. The van der Waals surface area contributed by atoms with Crippen molar-refractivity contribution in [2.75, 3.05) is 35.4 Å². The maximum Gasteiger partial charge on any atom is 0.193 e. The van der Waals surface area contributed by atoms with Crippen molar-refractivity contribution in [1.82, 2.24) is 10.2 Å². The van der Waals surface area contributed by atoms with Crippen LogP contribution >= 0.6 is 0 Å². The van der Waals surface area contributed by atoms with Crippen molar-refractivity contribution in [3.05, 3.63) is 53.1 Å². The van der Waals surface area contributed by atoms with Crippen LogP contribution in [0.1, 0.15) is 16.7 Å². The molecule has 0 unspecified atom stereocenters. The van der Waals surface area contributed by atoms with Crippen LogP contribution in [0.2, 0.25) is 0 Å². The summed E-state index contributed by atoms with van der Waals surface area (Å²) in [6.07, 6.45) is 0. The number of benzene rings is 2. The van der Waals surface area contributed by atoms with Gasteiger partial charge in [-0.1, -0.05) is 29.8 Å². The van der Waals surface area contributed by atoms with E-state index in [0.29, 0.717) is 18.0 Å². The monoisotopic (exact) mass is 371 g/mol. The van der Waals surface area contributed by atoms with Gasteiger partial charge < -0.3 is 24.4 Å². The van der Waals surface area contributed by atoms with E-state index < -0.39 is 0 Å². The molecule has 0 aliphatic heterocycles. The van der Waals surface area contributed by atoms with Gasteiger partial charge in [-0.3, -0.25) is 4.99 Å². The lowest BCUT2D eigenvalue weighted by molar-refractivity contribution is 0.347. The van der Waals surface area contributed by atoms with E-state index in [1.165, 1.54) is 11.1 Å². The van der Waals surface area contributed by atoms with Crippen LogP contribution in [0, 0.1) is 6.92 Å². The minimum absolute atomic E-state index is 0.550. The maximum atomic E-state index is 5.49. The highest BCUT2D eigenvalue weighted by Crippen LogP contribution is 2.34. The zero-order chi connectivity index (χ0) is 19.8. The van der Waals surface area contributed by atoms with Crippen LogP contribution in [-0.2, 0) is 13.1 Å². The quantitative estimate of drug-likeness (QED) is 0.598. The van der Waals surface area contributed by atoms with Crippen molar-refractivity contribution in [3.63, 3.8) is 0 Å². The van der Waals surface area contributed by atoms with E-state index in [-0.39, 0.29) is 0 Å². The van der Waals surface area contributed by atoms with Crippen LogP contribution in [0.4, 0.5) is 0 Å². The molecule has 0 fully saturated rings. The molecule has 0 bridgehead atoms. The number of methoxy groups -OCH3 is 3. The highest BCUT2D eigenvalue weighted by Gasteiger charge is 2.13. The first-order valence-corrected chi connectivity index (χ1v) is 8.78. The normalized spacial score (nSPS) is 11.1. The molecule has 6 heteroatoms. The highest BCUT2D eigenvalue weighted by atomic mass is 16.5. The number of aliphatic imine (C=N–C) groups is 1. The lowest BCUT2D eigenvalue weighted by Gasteiger charge is -2.23. The van der Waals surface area contributed by atoms with Gasteiger partial charge in [0.1, 0.15) is 5.75 Å². The molecule has 6 nitrogen and oxygen atoms in total. The molecular formula is C21H29N3O3. The predicted octanol–water partition coefficient (Wildman–Crippen LogP) is 3.23. The average Bonchev–Trinajstić information content (AvgIpc) is 2.69. The van der Waals surface area contributed by atoms with Crippen molar-refractivity contribution in [2.24, 2.45) is 4.99 Å². The molecular weight excluding hydrogens is 342 g/mol. The Balaban J connectivity index is 2.09. The number of nitrogens with zero attached hydrogens (tertiary/aromatic N) is 2. The molecule has 0 aliphatic rings. The van der Waals surface area contributed by atoms with E-state index >= 15 is 0 Å². The molecule has 0 aliphatic carbocycles. The number of nitrogens with one attached hydrogen (secondary N) is 1. The summed E-state index contributed by atoms with van der Waals surface area (Å²) in [7, 11) is 8.66. The van der Waals surface area contributed by atoms with Gasteiger partial charge in [-0.25, -0.2) is 0 Å². The molecule has 0 saturated heterocycles. The Bertz CT molecular complexity index is 773. The molecule has 0 spiro atoms. The third kappa shape index (κ3) is 5.29. The highest BCUT2D eigenvalue weighted by molar-refractivity contribution is 5.79. The second-order valence-corrected chi connectivity index (χ2v) is 6.26. The van der Waals surface area contributed by atoms with E-state index in [0.717, 1.165) is 23.8 Å². The summed E-state index contributed by atoms with van der Waals surface area (Å²) in [5.41, 5.74) is 3.44. The Labute approximate surface area is 161 Å². The SMILES string of the molecule is CN=C(NCc1cc(OC)c(OC)cc1OC)N(C)Cc1ccc(C)cc1. The van der Waals surface area contributed by atoms with E-state index in [2.05, 4.69) is 46.4 Å². The molecule has 0 amide bonds. The number of aryl methyl sites for hydroxylation is 1. The first-order chi connectivity index (χ1) is 13.0. The van der Waals surface area contributed by atoms with Gasteiger partial charge in [-0.2, -0.15) is 0 Å². The fourth-order valence-corrected chi connectivity index (χ4v) is 2.83. The van der Waals surface area contributed by atoms with Gasteiger partial charge in [-0.05, 0) is 18.6 Å². The number of rotatable bonds is 7. The third-order valence-electron chi connectivity index (χ3n) is 4.34. The van der Waals surface area contributed by atoms with Crippen molar-refractivity contribution in [3.8, 4) is 17.2 Å². The molecule has 0 aromatic heterocycles. The number of ether oxygens (including phenoxy) is 3. The van der Waals surface area contributed by atoms with E-state index in [9.17, 15) is 0 Å². The Hall–Kier alpha value is -2.89. The smallest absolute Gasteiger partial charge is 0.193 e. The summed E-state index contributed by atoms with van der Waals surface area (Å²) < 4.78 is 16.2. The molecule has 27 heavy (non-hydrogen) atoms. The van der Waals surface area contributed by atoms with E-state index in [1.807, 2.05) is 19.2 Å². The Morgan fingerprint density at radius 2 is 1.56 bits per heavy atom. The molecule has 0 saturated carbocycles. The predicted molar refractivity (Wildman–Crippen MR) is 109 cm³/mol. The van der Waals surface area contributed by atoms with Gasteiger partial charge in [0.2, 0.25) is 0 Å². The number of hydrogen-bond donors (Lipinski definition) is 1. The zero-order valence-electron chi connectivity index (χ0n) is 17.0. The first kappa shape index (κ1) is 20.4. The Kier molecular flexibility index (Phi) is 7.34. The van der Waals surface area contributed by atoms with Crippen LogP contribution in [0.3, 0.4) is 0 Å². The van der Waals surface area contributed by atoms with Crippen molar-refractivity contribution in [1.29, 1.82) is 0 Å². The van der Waals surface area contributed by atoms with Gasteiger partial charge in [-0.15, -0.1) is 0 Å². The van der Waals surface area contributed by atoms with Gasteiger partial charge in [0, 0.05) is 38.8 Å². The van der Waals surface area contributed by atoms with Crippen LogP contribution in [0.5, 0.6) is 17.2 Å². The minimum Gasteiger partial charge on any atom is -0.496 e. The summed E-state index contributed by atoms with van der Waals surface area (Å²) in [6, 6.07) is 12.3. The molecule has 0 heterocycles. The first-order valence-electron chi connectivity index (χ1n) is 8.78. The van der Waals surface area contributed by atoms with Crippen LogP contribution in [0.15, 0.2) is 41.4 Å². The summed E-state index contributed by atoms with van der Waals surface area (Å²) in [4.78, 5) is 6.46. The van der Waals surface area contributed by atoms with Crippen LogP contribution in [-0.4, -0.2) is 46.3 Å². The Morgan fingerprint density at radius 1 is 0.963 bits per heavy atom.